The van der Waals surface area contributed by atoms with Crippen LogP contribution in [-0.2, 0) is 19.1 Å². The predicted molar refractivity (Wildman–Crippen MR) is 101 cm³/mol. The average Bonchev–Trinajstić information content (AvgIpc) is 2.93. The van der Waals surface area contributed by atoms with Crippen molar-refractivity contribution in [3.05, 3.63) is 23.3 Å². The molecular formula is C21H34O5. The fraction of sp³-hybridized carbons (Fsp3) is 0.714. The van der Waals surface area contributed by atoms with Gasteiger partial charge in [0.25, 0.3) is 0 Å². The lowest BCUT2D eigenvalue weighted by Crippen LogP contribution is -2.10. The van der Waals surface area contributed by atoms with Gasteiger partial charge in [0.05, 0.1) is 6.61 Å². The van der Waals surface area contributed by atoms with E-state index in [1.807, 2.05) is 6.08 Å². The summed E-state index contributed by atoms with van der Waals surface area (Å²) in [4.78, 5) is 23.2. The van der Waals surface area contributed by atoms with Crippen LogP contribution < -0.4 is 0 Å². The summed E-state index contributed by atoms with van der Waals surface area (Å²) in [5, 5.41) is 9.57. The zero-order chi connectivity index (χ0) is 19.2. The zero-order valence-corrected chi connectivity index (χ0v) is 16.3. The predicted octanol–water partition coefficient (Wildman–Crippen LogP) is 4.59. The Kier molecular flexibility index (Phi) is 11.7. The highest BCUT2D eigenvalue weighted by atomic mass is 16.6. The zero-order valence-electron chi connectivity index (χ0n) is 16.3. The summed E-state index contributed by atoms with van der Waals surface area (Å²) in [6.45, 7) is 4.38. The molecule has 1 aliphatic heterocycles. The number of carbonyl (C=O) groups is 2. The number of rotatable bonds is 14. The first kappa shape index (κ1) is 22.4. The van der Waals surface area contributed by atoms with E-state index in [0.717, 1.165) is 12.8 Å². The fourth-order valence-electron chi connectivity index (χ4n) is 3.01. The largest absolute Gasteiger partial charge is 0.463 e. The topological polar surface area (TPSA) is 72.8 Å². The van der Waals surface area contributed by atoms with Crippen molar-refractivity contribution in [2.24, 2.45) is 0 Å². The van der Waals surface area contributed by atoms with Crippen molar-refractivity contribution in [3.63, 3.8) is 0 Å². The molecule has 148 valence electrons. The molecule has 0 fully saturated rings. The molecule has 0 aromatic rings. The van der Waals surface area contributed by atoms with Crippen LogP contribution in [0.15, 0.2) is 23.3 Å². The maximum absolute atomic E-state index is 12.1. The third-order valence-electron chi connectivity index (χ3n) is 4.51. The van der Waals surface area contributed by atoms with Crippen molar-refractivity contribution in [2.45, 2.75) is 90.8 Å². The Morgan fingerprint density at radius 3 is 2.38 bits per heavy atom. The molecule has 0 amide bonds. The van der Waals surface area contributed by atoms with Crippen LogP contribution in [0.5, 0.6) is 0 Å². The van der Waals surface area contributed by atoms with E-state index in [1.54, 1.807) is 6.92 Å². The average molecular weight is 366 g/mol. The molecular weight excluding hydrogens is 332 g/mol. The first-order valence-electron chi connectivity index (χ1n) is 10.0. The van der Waals surface area contributed by atoms with E-state index in [0.29, 0.717) is 37.0 Å². The van der Waals surface area contributed by atoms with Gasteiger partial charge in [-0.05, 0) is 32.6 Å². The summed E-state index contributed by atoms with van der Waals surface area (Å²) in [5.41, 5.74) is 1.25. The van der Waals surface area contributed by atoms with Gasteiger partial charge in [0.1, 0.15) is 0 Å². The Bertz CT molecular complexity index is 493. The van der Waals surface area contributed by atoms with Crippen LogP contribution in [0.4, 0.5) is 0 Å². The number of aliphatic hydroxyl groups excluding tert-OH is 1. The number of hydrogen-bond acceptors (Lipinski definition) is 5. The van der Waals surface area contributed by atoms with Crippen molar-refractivity contribution in [2.75, 3.05) is 6.61 Å². The van der Waals surface area contributed by atoms with Gasteiger partial charge in [0.15, 0.2) is 0 Å². The van der Waals surface area contributed by atoms with Crippen molar-refractivity contribution in [1.82, 2.24) is 0 Å². The summed E-state index contributed by atoms with van der Waals surface area (Å²) in [7, 11) is 0. The van der Waals surface area contributed by atoms with Gasteiger partial charge in [-0.2, -0.15) is 0 Å². The highest BCUT2D eigenvalue weighted by Crippen LogP contribution is 2.20. The lowest BCUT2D eigenvalue weighted by Gasteiger charge is -2.09. The molecule has 1 aliphatic rings. The van der Waals surface area contributed by atoms with Crippen molar-refractivity contribution < 1.29 is 24.2 Å². The number of unbranched alkanes of at least 4 members (excludes halogenated alkanes) is 7. The maximum Gasteiger partial charge on any atom is 0.333 e. The van der Waals surface area contributed by atoms with Crippen LogP contribution >= 0.6 is 0 Å². The van der Waals surface area contributed by atoms with E-state index in [2.05, 4.69) is 11.7 Å². The number of carbonyl (C=O) groups excluding carboxylic acids is 2. The molecule has 0 radical (unpaired) electrons. The second kappa shape index (κ2) is 13.6. The first-order valence-corrected chi connectivity index (χ1v) is 10.0. The summed E-state index contributed by atoms with van der Waals surface area (Å²) >= 11 is 0. The minimum absolute atomic E-state index is 0.260. The Labute approximate surface area is 157 Å². The van der Waals surface area contributed by atoms with E-state index in [1.165, 1.54) is 44.6 Å². The minimum atomic E-state index is -1.14. The number of hydrogen-bond donors (Lipinski definition) is 1. The molecule has 1 heterocycles. The number of cyclic esters (lactones) is 1. The van der Waals surface area contributed by atoms with Crippen molar-refractivity contribution >= 4 is 11.9 Å². The third-order valence-corrected chi connectivity index (χ3v) is 4.51. The van der Waals surface area contributed by atoms with Crippen molar-refractivity contribution in [1.29, 1.82) is 0 Å². The molecule has 5 nitrogen and oxygen atoms in total. The van der Waals surface area contributed by atoms with Gasteiger partial charge in [0.2, 0.25) is 6.29 Å². The molecule has 0 aromatic heterocycles. The molecule has 0 saturated carbocycles. The molecule has 5 heteroatoms. The SMILES string of the molecule is CCCCCCCCCCC(=CCCC1=CC(=O)OC1O)C(=O)OCC. The van der Waals surface area contributed by atoms with Gasteiger partial charge in [-0.25, -0.2) is 9.59 Å². The number of allylic oxidation sites excluding steroid dienone is 1. The fourth-order valence-corrected chi connectivity index (χ4v) is 3.01. The van der Waals surface area contributed by atoms with Gasteiger partial charge >= 0.3 is 11.9 Å². The van der Waals surface area contributed by atoms with E-state index in [-0.39, 0.29) is 5.97 Å². The molecule has 0 bridgehead atoms. The molecule has 1 N–H and O–H groups in total. The number of esters is 2. The molecule has 1 unspecified atom stereocenters. The van der Waals surface area contributed by atoms with E-state index in [9.17, 15) is 14.7 Å². The smallest absolute Gasteiger partial charge is 0.333 e. The quantitative estimate of drug-likeness (QED) is 0.276. The maximum atomic E-state index is 12.1. The lowest BCUT2D eigenvalue weighted by molar-refractivity contribution is -0.151. The number of ether oxygens (including phenoxy) is 2. The molecule has 1 atom stereocenters. The van der Waals surface area contributed by atoms with Crippen LogP contribution in [-0.4, -0.2) is 29.9 Å². The van der Waals surface area contributed by atoms with E-state index in [4.69, 9.17) is 4.74 Å². The summed E-state index contributed by atoms with van der Waals surface area (Å²) < 4.78 is 9.79. The molecule has 0 spiro atoms. The molecule has 1 rings (SSSR count). The van der Waals surface area contributed by atoms with Crippen LogP contribution in [0.2, 0.25) is 0 Å². The monoisotopic (exact) mass is 366 g/mol. The second-order valence-electron chi connectivity index (χ2n) is 6.72. The molecule has 0 saturated heterocycles. The van der Waals surface area contributed by atoms with Gasteiger partial charge in [0, 0.05) is 17.2 Å². The van der Waals surface area contributed by atoms with Crippen LogP contribution in [0, 0.1) is 0 Å². The molecule has 0 aromatic carbocycles. The summed E-state index contributed by atoms with van der Waals surface area (Å²) in [6.07, 6.45) is 13.6. The normalized spacial score (nSPS) is 17.2. The molecule has 26 heavy (non-hydrogen) atoms. The minimum Gasteiger partial charge on any atom is -0.463 e. The van der Waals surface area contributed by atoms with Gasteiger partial charge in [-0.1, -0.05) is 57.9 Å². The standard InChI is InChI=1S/C21H34O5/c1-3-5-6-7-8-9-10-11-13-17(20(23)25-4-2)14-12-15-18-16-19(22)26-21(18)24/h14,16,21,24H,3-13,15H2,1-2H3. The highest BCUT2D eigenvalue weighted by molar-refractivity contribution is 5.88. The first-order chi connectivity index (χ1) is 12.6. The van der Waals surface area contributed by atoms with E-state index < -0.39 is 12.3 Å². The van der Waals surface area contributed by atoms with Crippen molar-refractivity contribution in [3.8, 4) is 0 Å². The lowest BCUT2D eigenvalue weighted by atomic mass is 10.0. The summed E-state index contributed by atoms with van der Waals surface area (Å²) in [5.74, 6) is -0.773. The Balaban J connectivity index is 2.35. The highest BCUT2D eigenvalue weighted by Gasteiger charge is 2.22. The van der Waals surface area contributed by atoms with E-state index >= 15 is 0 Å². The van der Waals surface area contributed by atoms with Crippen LogP contribution in [0.3, 0.4) is 0 Å². The van der Waals surface area contributed by atoms with Crippen LogP contribution in [0.1, 0.15) is 84.5 Å². The number of aliphatic hydroxyl groups is 1. The van der Waals surface area contributed by atoms with Gasteiger partial charge in [-0.15, -0.1) is 0 Å². The Hall–Kier alpha value is -1.62. The Morgan fingerprint density at radius 2 is 1.81 bits per heavy atom. The second-order valence-corrected chi connectivity index (χ2v) is 6.72. The van der Waals surface area contributed by atoms with Gasteiger partial charge in [-0.3, -0.25) is 0 Å². The summed E-state index contributed by atoms with van der Waals surface area (Å²) in [6, 6.07) is 0. The Morgan fingerprint density at radius 1 is 1.15 bits per heavy atom. The third kappa shape index (κ3) is 9.18. The van der Waals surface area contributed by atoms with Crippen LogP contribution in [0.25, 0.3) is 0 Å². The molecule has 0 aliphatic carbocycles. The van der Waals surface area contributed by atoms with Gasteiger partial charge < -0.3 is 14.6 Å².